The molecule has 0 unspecified atom stereocenters. The maximum Gasteiger partial charge on any atom is 0.274 e. The van der Waals surface area contributed by atoms with Crippen LogP contribution in [0.25, 0.3) is 0 Å². The van der Waals surface area contributed by atoms with Gasteiger partial charge < -0.3 is 0 Å². The lowest BCUT2D eigenvalue weighted by Gasteiger charge is -1.96. The first-order valence-corrected chi connectivity index (χ1v) is 4.47. The van der Waals surface area contributed by atoms with Crippen molar-refractivity contribution in [1.29, 1.82) is 0 Å². The minimum atomic E-state index is -3.51. The van der Waals surface area contributed by atoms with Gasteiger partial charge in [0.15, 0.2) is 0 Å². The predicted molar refractivity (Wildman–Crippen MR) is 36.4 cm³/mol. The molecule has 0 aliphatic rings. The van der Waals surface area contributed by atoms with Gasteiger partial charge >= 0.3 is 0 Å². The van der Waals surface area contributed by atoms with Gasteiger partial charge in [0.2, 0.25) is 0 Å². The first-order chi connectivity index (χ1) is 4.06. The van der Waals surface area contributed by atoms with E-state index in [1.807, 2.05) is 0 Å². The molecule has 0 aromatic heterocycles. The Labute approximate surface area is 59.6 Å². The van der Waals surface area contributed by atoms with E-state index in [0.717, 1.165) is 0 Å². The molecular formula is C3H9ClN2O2S. The second kappa shape index (κ2) is 4.05. The van der Waals surface area contributed by atoms with Crippen molar-refractivity contribution >= 4 is 21.8 Å². The second-order valence-corrected chi connectivity index (χ2v) is 3.24. The van der Waals surface area contributed by atoms with E-state index in [1.165, 1.54) is 0 Å². The number of hydrogen-bond donors (Lipinski definition) is 2. The average molecular weight is 173 g/mol. The minimum absolute atomic E-state index is 0.308. The standard InChI is InChI=1S/C3H9ClN2O2S/c4-2-1-3-6-9(5,7)8/h6H,1-3H2,(H2,5,7,8). The fourth-order valence-corrected chi connectivity index (χ4v) is 0.844. The zero-order chi connectivity index (χ0) is 7.33. The number of hydrogen-bond acceptors (Lipinski definition) is 2. The fourth-order valence-electron chi connectivity index (χ4n) is 0.281. The molecule has 0 radical (unpaired) electrons. The van der Waals surface area contributed by atoms with E-state index in [1.54, 1.807) is 0 Å². The smallest absolute Gasteiger partial charge is 0.216 e. The molecule has 56 valence electrons. The van der Waals surface area contributed by atoms with Crippen LogP contribution in [0.5, 0.6) is 0 Å². The highest BCUT2D eigenvalue weighted by atomic mass is 35.5. The predicted octanol–water partition coefficient (Wildman–Crippen LogP) is -0.592. The summed E-state index contributed by atoms with van der Waals surface area (Å²) in [5.41, 5.74) is 0. The Hall–Kier alpha value is 0.160. The highest BCUT2D eigenvalue weighted by Gasteiger charge is 1.96. The third kappa shape index (κ3) is 8.16. The van der Waals surface area contributed by atoms with Crippen molar-refractivity contribution in [3.63, 3.8) is 0 Å². The molecule has 9 heavy (non-hydrogen) atoms. The number of nitrogens with one attached hydrogen (secondary N) is 1. The van der Waals surface area contributed by atoms with Gasteiger partial charge in [-0.3, -0.25) is 0 Å². The van der Waals surface area contributed by atoms with Crippen LogP contribution in [0.15, 0.2) is 0 Å². The van der Waals surface area contributed by atoms with Crippen molar-refractivity contribution in [2.24, 2.45) is 5.14 Å². The van der Waals surface area contributed by atoms with Gasteiger partial charge in [-0.15, -0.1) is 11.6 Å². The van der Waals surface area contributed by atoms with Crippen LogP contribution in [0.4, 0.5) is 0 Å². The highest BCUT2D eigenvalue weighted by molar-refractivity contribution is 7.87. The van der Waals surface area contributed by atoms with Crippen LogP contribution in [-0.2, 0) is 10.2 Å². The summed E-state index contributed by atoms with van der Waals surface area (Å²) in [6.45, 7) is 0.308. The number of halogens is 1. The van der Waals surface area contributed by atoms with Crippen LogP contribution in [0.1, 0.15) is 6.42 Å². The summed E-state index contributed by atoms with van der Waals surface area (Å²) in [5, 5.41) is 4.59. The minimum Gasteiger partial charge on any atom is -0.216 e. The van der Waals surface area contributed by atoms with Crippen molar-refractivity contribution in [3.8, 4) is 0 Å². The molecule has 0 atom stereocenters. The van der Waals surface area contributed by atoms with Crippen LogP contribution in [0.3, 0.4) is 0 Å². The van der Waals surface area contributed by atoms with Crippen molar-refractivity contribution in [1.82, 2.24) is 4.72 Å². The van der Waals surface area contributed by atoms with Gasteiger partial charge in [0.25, 0.3) is 10.2 Å². The third-order valence-electron chi connectivity index (χ3n) is 0.614. The maximum atomic E-state index is 10.1. The normalized spacial score (nSPS) is 11.8. The molecule has 0 saturated carbocycles. The zero-order valence-electron chi connectivity index (χ0n) is 4.80. The Kier molecular flexibility index (Phi) is 4.12. The summed E-state index contributed by atoms with van der Waals surface area (Å²) in [5.74, 6) is 0.433. The monoisotopic (exact) mass is 172 g/mol. The van der Waals surface area contributed by atoms with Crippen molar-refractivity contribution in [2.45, 2.75) is 6.42 Å². The molecule has 0 spiro atoms. The molecule has 4 nitrogen and oxygen atoms in total. The lowest BCUT2D eigenvalue weighted by atomic mass is 10.5. The summed E-state index contributed by atoms with van der Waals surface area (Å²) in [6.07, 6.45) is 0.595. The number of nitrogens with two attached hydrogens (primary N) is 1. The molecule has 3 N–H and O–H groups in total. The largest absolute Gasteiger partial charge is 0.274 e. The third-order valence-corrected chi connectivity index (χ3v) is 1.49. The quantitative estimate of drug-likeness (QED) is 0.440. The molecule has 0 aliphatic carbocycles. The summed E-state index contributed by atoms with van der Waals surface area (Å²) < 4.78 is 22.3. The van der Waals surface area contributed by atoms with Crippen LogP contribution < -0.4 is 9.86 Å². The van der Waals surface area contributed by atoms with Gasteiger partial charge in [0.05, 0.1) is 0 Å². The molecule has 0 aromatic rings. The van der Waals surface area contributed by atoms with Gasteiger partial charge in [0.1, 0.15) is 0 Å². The van der Waals surface area contributed by atoms with E-state index in [9.17, 15) is 8.42 Å². The molecular weight excluding hydrogens is 164 g/mol. The molecule has 0 aliphatic heterocycles. The Morgan fingerprint density at radius 2 is 2.11 bits per heavy atom. The van der Waals surface area contributed by atoms with Gasteiger partial charge in [0, 0.05) is 12.4 Å². The Morgan fingerprint density at radius 3 is 2.44 bits per heavy atom. The summed E-state index contributed by atoms with van der Waals surface area (Å²) in [7, 11) is -3.51. The molecule has 0 heterocycles. The van der Waals surface area contributed by atoms with Crippen LogP contribution >= 0.6 is 11.6 Å². The average Bonchev–Trinajstić information content (AvgIpc) is 1.63. The van der Waals surface area contributed by atoms with Crippen molar-refractivity contribution in [2.75, 3.05) is 12.4 Å². The Bertz CT molecular complexity index is 155. The lowest BCUT2D eigenvalue weighted by Crippen LogP contribution is -2.31. The SMILES string of the molecule is NS(=O)(=O)NCCCCl. The van der Waals surface area contributed by atoms with E-state index in [-0.39, 0.29) is 0 Å². The topological polar surface area (TPSA) is 72.2 Å². The maximum absolute atomic E-state index is 10.1. The van der Waals surface area contributed by atoms with E-state index in [0.29, 0.717) is 18.8 Å². The van der Waals surface area contributed by atoms with Crippen LogP contribution in [0.2, 0.25) is 0 Å². The first-order valence-electron chi connectivity index (χ1n) is 2.39. The summed E-state index contributed by atoms with van der Waals surface area (Å²) in [6, 6.07) is 0. The molecule has 6 heteroatoms. The van der Waals surface area contributed by atoms with E-state index in [2.05, 4.69) is 9.86 Å². The van der Waals surface area contributed by atoms with Crippen LogP contribution in [-0.4, -0.2) is 20.8 Å². The Morgan fingerprint density at radius 1 is 1.56 bits per heavy atom. The Balaban J connectivity index is 3.30. The first kappa shape index (κ1) is 9.16. The van der Waals surface area contributed by atoms with Gasteiger partial charge in [-0.05, 0) is 6.42 Å². The summed E-state index contributed by atoms with van der Waals surface area (Å²) >= 11 is 5.25. The summed E-state index contributed by atoms with van der Waals surface area (Å²) in [4.78, 5) is 0. The molecule has 0 amide bonds. The van der Waals surface area contributed by atoms with E-state index >= 15 is 0 Å². The van der Waals surface area contributed by atoms with Crippen molar-refractivity contribution in [3.05, 3.63) is 0 Å². The fraction of sp³-hybridized carbons (Fsp3) is 1.00. The molecule has 0 saturated heterocycles. The molecule has 0 fully saturated rings. The second-order valence-electron chi connectivity index (χ2n) is 1.48. The van der Waals surface area contributed by atoms with E-state index in [4.69, 9.17) is 11.6 Å². The molecule has 0 bridgehead atoms. The van der Waals surface area contributed by atoms with Gasteiger partial charge in [-0.1, -0.05) is 0 Å². The molecule has 0 aromatic carbocycles. The van der Waals surface area contributed by atoms with Crippen molar-refractivity contribution < 1.29 is 8.42 Å². The number of rotatable bonds is 4. The highest BCUT2D eigenvalue weighted by Crippen LogP contribution is 1.80. The zero-order valence-corrected chi connectivity index (χ0v) is 6.37. The van der Waals surface area contributed by atoms with Gasteiger partial charge in [-0.2, -0.15) is 8.42 Å². The lowest BCUT2D eigenvalue weighted by molar-refractivity contribution is 0.583. The van der Waals surface area contributed by atoms with E-state index < -0.39 is 10.2 Å². The molecule has 0 rings (SSSR count). The van der Waals surface area contributed by atoms with Gasteiger partial charge in [-0.25, -0.2) is 9.86 Å². The number of alkyl halides is 1. The van der Waals surface area contributed by atoms with Crippen LogP contribution in [0, 0.1) is 0 Å².